The van der Waals surface area contributed by atoms with E-state index in [1.807, 2.05) is 13.0 Å². The molecule has 76 valence electrons. The highest BCUT2D eigenvalue weighted by molar-refractivity contribution is 9.10. The molecule has 0 saturated carbocycles. The first-order valence-corrected chi connectivity index (χ1v) is 5.52. The lowest BCUT2D eigenvalue weighted by molar-refractivity contribution is 0.607. The number of nitrogens with one attached hydrogen (secondary N) is 1. The van der Waals surface area contributed by atoms with Gasteiger partial charge in [-0.1, -0.05) is 40.2 Å². The van der Waals surface area contributed by atoms with E-state index in [1.54, 1.807) is 0 Å². The molecule has 0 heterocycles. The van der Waals surface area contributed by atoms with E-state index in [-0.39, 0.29) is 0 Å². The summed E-state index contributed by atoms with van der Waals surface area (Å²) in [4.78, 5) is 0. The molecule has 0 amide bonds. The predicted octanol–water partition coefficient (Wildman–Crippen LogP) is 3.68. The average Bonchev–Trinajstić information content (AvgIpc) is 2.14. The Bertz CT molecular complexity index is 320. The zero-order valence-electron chi connectivity index (χ0n) is 8.68. The summed E-state index contributed by atoms with van der Waals surface area (Å²) < 4.78 is 1.12. The summed E-state index contributed by atoms with van der Waals surface area (Å²) in [6.07, 6.45) is 0. The van der Waals surface area contributed by atoms with Gasteiger partial charge in [-0.15, -0.1) is 0 Å². The molecule has 1 N–H and O–H groups in total. The zero-order chi connectivity index (χ0) is 10.6. The Morgan fingerprint density at radius 2 is 2.29 bits per heavy atom. The largest absolute Gasteiger partial charge is 0.306 e. The topological polar surface area (TPSA) is 12.0 Å². The molecule has 14 heavy (non-hydrogen) atoms. The van der Waals surface area contributed by atoms with Gasteiger partial charge < -0.3 is 5.32 Å². The maximum absolute atomic E-state index is 3.87. The third kappa shape index (κ3) is 3.64. The molecule has 0 spiro atoms. The minimum Gasteiger partial charge on any atom is -0.306 e. The van der Waals surface area contributed by atoms with Gasteiger partial charge in [-0.3, -0.25) is 0 Å². The molecule has 1 atom stereocenters. The third-order valence-electron chi connectivity index (χ3n) is 2.06. The van der Waals surface area contributed by atoms with Crippen LogP contribution in [-0.4, -0.2) is 6.54 Å². The minimum absolute atomic E-state index is 0.365. The van der Waals surface area contributed by atoms with Gasteiger partial charge in [0.15, 0.2) is 0 Å². The lowest BCUT2D eigenvalue weighted by Gasteiger charge is -2.14. The Morgan fingerprint density at radius 3 is 2.86 bits per heavy atom. The molecule has 1 aromatic carbocycles. The fraction of sp³-hybridized carbons (Fsp3) is 0.333. The highest BCUT2D eigenvalue weighted by Gasteiger charge is 2.03. The summed E-state index contributed by atoms with van der Waals surface area (Å²) in [6, 6.07) is 8.72. The van der Waals surface area contributed by atoms with Crippen LogP contribution >= 0.6 is 15.9 Å². The summed E-state index contributed by atoms with van der Waals surface area (Å²) in [7, 11) is 0. The molecule has 0 aromatic heterocycles. The average molecular weight is 254 g/mol. The van der Waals surface area contributed by atoms with E-state index in [2.05, 4.69) is 52.9 Å². The van der Waals surface area contributed by atoms with Crippen LogP contribution in [0, 0.1) is 0 Å². The van der Waals surface area contributed by atoms with Crippen molar-refractivity contribution >= 4 is 15.9 Å². The Hall–Kier alpha value is -0.600. The number of hydrogen-bond acceptors (Lipinski definition) is 1. The van der Waals surface area contributed by atoms with Crippen molar-refractivity contribution in [2.75, 3.05) is 6.54 Å². The van der Waals surface area contributed by atoms with Gasteiger partial charge in [-0.25, -0.2) is 0 Å². The molecule has 2 heteroatoms. The normalized spacial score (nSPS) is 12.5. The first kappa shape index (κ1) is 11.5. The highest BCUT2D eigenvalue weighted by atomic mass is 79.9. The van der Waals surface area contributed by atoms with E-state index in [0.29, 0.717) is 6.04 Å². The lowest BCUT2D eigenvalue weighted by Crippen LogP contribution is -2.20. The molecule has 1 nitrogen and oxygen atoms in total. The van der Waals surface area contributed by atoms with Gasteiger partial charge in [0.25, 0.3) is 0 Å². The van der Waals surface area contributed by atoms with Crippen molar-refractivity contribution in [2.45, 2.75) is 19.9 Å². The van der Waals surface area contributed by atoms with Crippen molar-refractivity contribution in [3.8, 4) is 0 Å². The molecule has 1 unspecified atom stereocenters. The number of rotatable bonds is 4. The molecule has 1 aromatic rings. The van der Waals surface area contributed by atoms with Crippen LogP contribution < -0.4 is 5.32 Å². The van der Waals surface area contributed by atoms with Crippen molar-refractivity contribution in [2.24, 2.45) is 0 Å². The predicted molar refractivity (Wildman–Crippen MR) is 65.4 cm³/mol. The maximum atomic E-state index is 3.87. The summed E-state index contributed by atoms with van der Waals surface area (Å²) in [5.41, 5.74) is 2.45. The first-order chi connectivity index (χ1) is 6.59. The van der Waals surface area contributed by atoms with E-state index in [1.165, 1.54) is 5.56 Å². The number of benzene rings is 1. The second-order valence-electron chi connectivity index (χ2n) is 3.61. The zero-order valence-corrected chi connectivity index (χ0v) is 10.3. The molecule has 1 rings (SSSR count). The Labute approximate surface area is 94.3 Å². The van der Waals surface area contributed by atoms with Crippen molar-refractivity contribution in [1.29, 1.82) is 0 Å². The van der Waals surface area contributed by atoms with Crippen LogP contribution in [0.25, 0.3) is 0 Å². The molecule has 0 aliphatic heterocycles. The molecular weight excluding hydrogens is 238 g/mol. The fourth-order valence-corrected chi connectivity index (χ4v) is 1.64. The van der Waals surface area contributed by atoms with Crippen molar-refractivity contribution in [3.05, 3.63) is 46.5 Å². The Balaban J connectivity index is 2.60. The number of hydrogen-bond donors (Lipinski definition) is 1. The second kappa shape index (κ2) is 5.32. The SMILES string of the molecule is C=C(C)CNC(C)c1cccc(Br)c1. The monoisotopic (exact) mass is 253 g/mol. The van der Waals surface area contributed by atoms with E-state index < -0.39 is 0 Å². The third-order valence-corrected chi connectivity index (χ3v) is 2.55. The van der Waals surface area contributed by atoms with Gasteiger partial charge in [0, 0.05) is 17.1 Å². The van der Waals surface area contributed by atoms with Crippen molar-refractivity contribution in [3.63, 3.8) is 0 Å². The summed E-state index contributed by atoms with van der Waals surface area (Å²) in [5.74, 6) is 0. The van der Waals surface area contributed by atoms with E-state index in [4.69, 9.17) is 0 Å². The summed E-state index contributed by atoms with van der Waals surface area (Å²) in [5, 5.41) is 3.41. The Morgan fingerprint density at radius 1 is 1.57 bits per heavy atom. The molecule has 0 fully saturated rings. The van der Waals surface area contributed by atoms with E-state index in [0.717, 1.165) is 16.6 Å². The first-order valence-electron chi connectivity index (χ1n) is 4.73. The molecule has 0 aliphatic carbocycles. The molecular formula is C12H16BrN. The smallest absolute Gasteiger partial charge is 0.0295 e. The van der Waals surface area contributed by atoms with Gasteiger partial charge in [0.2, 0.25) is 0 Å². The van der Waals surface area contributed by atoms with Crippen LogP contribution in [0.3, 0.4) is 0 Å². The van der Waals surface area contributed by atoms with Crippen molar-refractivity contribution < 1.29 is 0 Å². The van der Waals surface area contributed by atoms with Gasteiger partial charge in [0.1, 0.15) is 0 Å². The maximum Gasteiger partial charge on any atom is 0.0295 e. The fourth-order valence-electron chi connectivity index (χ4n) is 1.22. The van der Waals surface area contributed by atoms with Crippen LogP contribution in [-0.2, 0) is 0 Å². The number of halogens is 1. The molecule has 0 aliphatic rings. The molecule has 0 radical (unpaired) electrons. The van der Waals surface area contributed by atoms with Crippen LogP contribution in [0.1, 0.15) is 25.5 Å². The Kier molecular flexibility index (Phi) is 4.36. The van der Waals surface area contributed by atoms with E-state index in [9.17, 15) is 0 Å². The van der Waals surface area contributed by atoms with Crippen LogP contribution in [0.2, 0.25) is 0 Å². The van der Waals surface area contributed by atoms with Gasteiger partial charge in [0.05, 0.1) is 0 Å². The lowest BCUT2D eigenvalue weighted by atomic mass is 10.1. The van der Waals surface area contributed by atoms with Gasteiger partial charge >= 0.3 is 0 Å². The van der Waals surface area contributed by atoms with E-state index >= 15 is 0 Å². The molecule has 0 saturated heterocycles. The highest BCUT2D eigenvalue weighted by Crippen LogP contribution is 2.17. The summed E-state index contributed by atoms with van der Waals surface area (Å²) >= 11 is 3.47. The van der Waals surface area contributed by atoms with Gasteiger partial charge in [-0.05, 0) is 31.5 Å². The van der Waals surface area contributed by atoms with Crippen LogP contribution in [0.15, 0.2) is 40.9 Å². The van der Waals surface area contributed by atoms with Crippen LogP contribution in [0.5, 0.6) is 0 Å². The minimum atomic E-state index is 0.365. The molecule has 0 bridgehead atoms. The van der Waals surface area contributed by atoms with Crippen molar-refractivity contribution in [1.82, 2.24) is 5.32 Å². The second-order valence-corrected chi connectivity index (χ2v) is 4.53. The standard InChI is InChI=1S/C12H16BrN/c1-9(2)8-14-10(3)11-5-4-6-12(13)7-11/h4-7,10,14H,1,8H2,2-3H3. The summed E-state index contributed by atoms with van der Waals surface area (Å²) in [6.45, 7) is 8.92. The van der Waals surface area contributed by atoms with Gasteiger partial charge in [-0.2, -0.15) is 0 Å². The van der Waals surface area contributed by atoms with Crippen LogP contribution in [0.4, 0.5) is 0 Å². The quantitative estimate of drug-likeness (QED) is 0.808.